The van der Waals surface area contributed by atoms with Crippen LogP contribution >= 0.6 is 0 Å². The zero-order valence-electron chi connectivity index (χ0n) is 17.4. The van der Waals surface area contributed by atoms with E-state index in [0.717, 1.165) is 39.4 Å². The van der Waals surface area contributed by atoms with Gasteiger partial charge in [-0.2, -0.15) is 0 Å². The molecule has 2 aromatic carbocycles. The lowest BCUT2D eigenvalue weighted by Gasteiger charge is -2.11. The van der Waals surface area contributed by atoms with Gasteiger partial charge < -0.3 is 10.2 Å². The lowest BCUT2D eigenvalue weighted by molar-refractivity contribution is 0.631. The van der Waals surface area contributed by atoms with Crippen molar-refractivity contribution < 1.29 is 4.39 Å². The quantitative estimate of drug-likeness (QED) is 0.547. The molecule has 2 heterocycles. The van der Waals surface area contributed by atoms with Crippen LogP contribution in [0.5, 0.6) is 0 Å². The standard InChI is InChI=1S/C26H23BFN3/c1-18-16-21(30-26(18)23(13-14-29)25-8-5-15-31(25)27)11-9-19-10-12-22(24(28)17-19)20-6-3-2-4-7-20/h2-12,15-17H,13-14,29H2,1H3/b11-9+,26-23-. The van der Waals surface area contributed by atoms with Gasteiger partial charge >= 0.3 is 0 Å². The monoisotopic (exact) mass is 407 g/mol. The zero-order valence-corrected chi connectivity index (χ0v) is 17.4. The third kappa shape index (κ3) is 4.52. The Morgan fingerprint density at radius 1 is 1.10 bits per heavy atom. The molecule has 0 aliphatic carbocycles. The highest BCUT2D eigenvalue weighted by atomic mass is 19.1. The van der Waals surface area contributed by atoms with E-state index in [1.807, 2.05) is 79.7 Å². The van der Waals surface area contributed by atoms with Crippen LogP contribution in [0.1, 0.15) is 24.6 Å². The van der Waals surface area contributed by atoms with Crippen LogP contribution in [-0.2, 0) is 0 Å². The first-order chi connectivity index (χ1) is 15.1. The number of halogens is 1. The molecule has 152 valence electrons. The molecule has 31 heavy (non-hydrogen) atoms. The number of nitrogens with two attached hydrogens (primary N) is 1. The van der Waals surface area contributed by atoms with Gasteiger partial charge in [-0.25, -0.2) is 9.38 Å². The Labute approximate surface area is 183 Å². The minimum Gasteiger partial charge on any atom is -0.403 e. The van der Waals surface area contributed by atoms with Gasteiger partial charge in [0.2, 0.25) is 7.98 Å². The molecule has 3 aromatic rings. The topological polar surface area (TPSA) is 43.3 Å². The maximum absolute atomic E-state index is 14.6. The molecule has 0 spiro atoms. The number of hydrogen-bond donors (Lipinski definition) is 1. The number of rotatable bonds is 6. The summed E-state index contributed by atoms with van der Waals surface area (Å²) in [4.78, 5) is 4.79. The van der Waals surface area contributed by atoms with Gasteiger partial charge in [0, 0.05) is 16.8 Å². The van der Waals surface area contributed by atoms with E-state index in [-0.39, 0.29) is 5.82 Å². The summed E-state index contributed by atoms with van der Waals surface area (Å²) < 4.78 is 16.2. The molecule has 2 N–H and O–H groups in total. The van der Waals surface area contributed by atoms with Crippen LogP contribution in [0, 0.1) is 5.82 Å². The summed E-state index contributed by atoms with van der Waals surface area (Å²) in [6, 6.07) is 18.7. The molecule has 0 fully saturated rings. The van der Waals surface area contributed by atoms with Gasteiger partial charge in [-0.1, -0.05) is 48.5 Å². The fourth-order valence-corrected chi connectivity index (χ4v) is 3.76. The molecule has 4 rings (SSSR count). The predicted octanol–water partition coefficient (Wildman–Crippen LogP) is 5.40. The molecular formula is C26H23BFN3. The van der Waals surface area contributed by atoms with E-state index in [2.05, 4.69) is 0 Å². The maximum Gasteiger partial charge on any atom is 0.234 e. The normalized spacial score (nSPS) is 15.3. The Kier molecular flexibility index (Phi) is 6.14. The third-order valence-electron chi connectivity index (χ3n) is 5.27. The highest BCUT2D eigenvalue weighted by Crippen LogP contribution is 2.31. The lowest BCUT2D eigenvalue weighted by Crippen LogP contribution is -2.05. The molecule has 0 bridgehead atoms. The van der Waals surface area contributed by atoms with Crippen LogP contribution in [-0.4, -0.2) is 24.7 Å². The second-order valence-electron chi connectivity index (χ2n) is 7.47. The Morgan fingerprint density at radius 3 is 2.58 bits per heavy atom. The van der Waals surface area contributed by atoms with Crippen LogP contribution < -0.4 is 5.73 Å². The van der Waals surface area contributed by atoms with Crippen molar-refractivity contribution in [2.75, 3.05) is 6.54 Å². The molecule has 2 radical (unpaired) electrons. The molecule has 3 nitrogen and oxygen atoms in total. The van der Waals surface area contributed by atoms with Crippen LogP contribution in [0.2, 0.25) is 0 Å². The van der Waals surface area contributed by atoms with Gasteiger partial charge in [-0.3, -0.25) is 0 Å². The summed E-state index contributed by atoms with van der Waals surface area (Å²) >= 11 is 0. The molecule has 0 saturated carbocycles. The highest BCUT2D eigenvalue weighted by molar-refractivity contribution is 6.11. The third-order valence-corrected chi connectivity index (χ3v) is 5.27. The smallest absolute Gasteiger partial charge is 0.234 e. The first-order valence-corrected chi connectivity index (χ1v) is 10.2. The number of aromatic nitrogens is 1. The van der Waals surface area contributed by atoms with Gasteiger partial charge in [-0.05, 0) is 73.1 Å². The van der Waals surface area contributed by atoms with Crippen LogP contribution in [0.3, 0.4) is 0 Å². The maximum atomic E-state index is 14.6. The number of nitrogens with zero attached hydrogens (tertiary/aromatic N) is 2. The molecule has 1 aliphatic rings. The van der Waals surface area contributed by atoms with Gasteiger partial charge in [0.1, 0.15) is 5.82 Å². The molecule has 0 atom stereocenters. The largest absolute Gasteiger partial charge is 0.403 e. The summed E-state index contributed by atoms with van der Waals surface area (Å²) in [5.41, 5.74) is 12.7. The minimum atomic E-state index is -0.247. The van der Waals surface area contributed by atoms with E-state index in [4.69, 9.17) is 18.7 Å². The summed E-state index contributed by atoms with van der Waals surface area (Å²) in [7, 11) is 6.05. The van der Waals surface area contributed by atoms with Crippen molar-refractivity contribution in [2.24, 2.45) is 10.7 Å². The molecule has 1 aliphatic heterocycles. The molecule has 0 amide bonds. The highest BCUT2D eigenvalue weighted by Gasteiger charge is 2.17. The van der Waals surface area contributed by atoms with Gasteiger partial charge in [0.15, 0.2) is 0 Å². The molecule has 0 unspecified atom stereocenters. The van der Waals surface area contributed by atoms with E-state index in [9.17, 15) is 4.39 Å². The van der Waals surface area contributed by atoms with Crippen LogP contribution in [0.25, 0.3) is 22.8 Å². The zero-order chi connectivity index (χ0) is 21.8. The molecule has 5 heteroatoms. The summed E-state index contributed by atoms with van der Waals surface area (Å²) in [5.74, 6) is -0.247. The van der Waals surface area contributed by atoms with Gasteiger partial charge in [0.05, 0.1) is 11.4 Å². The van der Waals surface area contributed by atoms with E-state index >= 15 is 0 Å². The van der Waals surface area contributed by atoms with E-state index in [1.54, 1.807) is 16.7 Å². The fourth-order valence-electron chi connectivity index (χ4n) is 3.76. The summed E-state index contributed by atoms with van der Waals surface area (Å²) in [6.07, 6.45) is 8.26. The minimum absolute atomic E-state index is 0.247. The van der Waals surface area contributed by atoms with E-state index in [0.29, 0.717) is 18.5 Å². The van der Waals surface area contributed by atoms with Crippen molar-refractivity contribution >= 4 is 25.3 Å². The predicted molar refractivity (Wildman–Crippen MR) is 128 cm³/mol. The van der Waals surface area contributed by atoms with E-state index < -0.39 is 0 Å². The Morgan fingerprint density at radius 2 is 1.90 bits per heavy atom. The summed E-state index contributed by atoms with van der Waals surface area (Å²) in [5, 5.41) is 0. The molecular weight excluding hydrogens is 384 g/mol. The Bertz CT molecular complexity index is 1220. The van der Waals surface area contributed by atoms with Crippen molar-refractivity contribution in [1.29, 1.82) is 0 Å². The average Bonchev–Trinajstić information content (AvgIpc) is 3.36. The van der Waals surface area contributed by atoms with Gasteiger partial charge in [-0.15, -0.1) is 0 Å². The Hall–Kier alpha value is -3.44. The average molecular weight is 407 g/mol. The van der Waals surface area contributed by atoms with Crippen molar-refractivity contribution in [1.82, 2.24) is 4.48 Å². The van der Waals surface area contributed by atoms with Crippen molar-refractivity contribution in [3.8, 4) is 11.1 Å². The number of allylic oxidation sites excluding steroid dienone is 3. The fraction of sp³-hybridized carbons (Fsp3) is 0.115. The Balaban J connectivity index is 1.61. The first kappa shape index (κ1) is 20.8. The second kappa shape index (κ2) is 9.15. The summed E-state index contributed by atoms with van der Waals surface area (Å²) in [6.45, 7) is 2.53. The molecule has 0 saturated heterocycles. The van der Waals surface area contributed by atoms with Crippen LogP contribution in [0.4, 0.5) is 4.39 Å². The van der Waals surface area contributed by atoms with Crippen LogP contribution in [0.15, 0.2) is 95.3 Å². The molecule has 1 aromatic heterocycles. The number of aliphatic imine (C=N–C) groups is 1. The van der Waals surface area contributed by atoms with E-state index in [1.165, 1.54) is 0 Å². The first-order valence-electron chi connectivity index (χ1n) is 10.2. The van der Waals surface area contributed by atoms with Gasteiger partial charge in [0.25, 0.3) is 0 Å². The lowest BCUT2D eigenvalue weighted by atomic mass is 10.0. The second-order valence-corrected chi connectivity index (χ2v) is 7.47. The van der Waals surface area contributed by atoms with Crippen molar-refractivity contribution in [2.45, 2.75) is 13.3 Å². The number of hydrogen-bond acceptors (Lipinski definition) is 2. The van der Waals surface area contributed by atoms with Crippen molar-refractivity contribution in [3.05, 3.63) is 107 Å². The number of benzene rings is 2. The van der Waals surface area contributed by atoms with Crippen molar-refractivity contribution in [3.63, 3.8) is 0 Å². The SMILES string of the molecule is [B]n1cccc1/C(CCN)=C1N=C(/C=C/c2ccc(-c3ccccc3)c(F)c2)C=C\1C.